The second kappa shape index (κ2) is 15.8. The third-order valence-electron chi connectivity index (χ3n) is 13.9. The Hall–Kier alpha value is -8.72. The van der Waals surface area contributed by atoms with E-state index in [4.69, 9.17) is 4.42 Å². The van der Waals surface area contributed by atoms with Crippen LogP contribution < -0.4 is 4.90 Å². The molecule has 0 unspecified atom stereocenters. The van der Waals surface area contributed by atoms with Gasteiger partial charge >= 0.3 is 0 Å². The number of rotatable bonds is 8. The smallest absolute Gasteiger partial charge is 0.159 e. The number of nitrogens with zero attached hydrogens (tertiary/aromatic N) is 1. The molecule has 0 spiro atoms. The molecule has 1 heterocycles. The van der Waals surface area contributed by atoms with Crippen molar-refractivity contribution in [3.63, 3.8) is 0 Å². The second-order valence-electron chi connectivity index (χ2n) is 17.6. The first-order valence-corrected chi connectivity index (χ1v) is 23.1. The summed E-state index contributed by atoms with van der Waals surface area (Å²) in [4.78, 5) is 2.42. The molecule has 0 fully saturated rings. The summed E-state index contributed by atoms with van der Waals surface area (Å²) >= 11 is 0. The van der Waals surface area contributed by atoms with Crippen LogP contribution in [0.1, 0.15) is 22.3 Å². The van der Waals surface area contributed by atoms with Crippen LogP contribution in [0, 0.1) is 0 Å². The van der Waals surface area contributed by atoms with Crippen LogP contribution in [0.25, 0.3) is 77.2 Å². The monoisotopic (exact) mass is 853 g/mol. The van der Waals surface area contributed by atoms with E-state index in [0.717, 1.165) is 50.1 Å². The Morgan fingerprint density at radius 2 is 0.851 bits per heavy atom. The van der Waals surface area contributed by atoms with Gasteiger partial charge in [-0.3, -0.25) is 0 Å². The van der Waals surface area contributed by atoms with Gasteiger partial charge in [0.25, 0.3) is 0 Å². The van der Waals surface area contributed by atoms with Crippen molar-refractivity contribution in [3.05, 3.63) is 283 Å². The zero-order valence-corrected chi connectivity index (χ0v) is 36.7. The lowest BCUT2D eigenvalue weighted by Gasteiger charge is -2.34. The molecule has 12 aromatic rings. The van der Waals surface area contributed by atoms with E-state index in [1.807, 2.05) is 6.07 Å². The molecule has 0 radical (unpaired) electrons. The van der Waals surface area contributed by atoms with Gasteiger partial charge in [0.15, 0.2) is 5.58 Å². The standard InChI is InChI=1S/C65H43NO/c1-3-20-52(21-4-1)65(53-22-5-2-6-23-53)58-27-11-9-25-57(58)63-59(65)28-15-29-60(63)66(61-30-14-26-56-55-24-10-12-31-62(55)67-64(56)61)54-40-38-46(39-41-54)45-32-34-47(35-33-45)49-18-13-19-50(42-49)51-37-36-44-16-7-8-17-48(44)43-51/h1-43H. The topological polar surface area (TPSA) is 16.4 Å². The molecule has 0 bridgehead atoms. The minimum Gasteiger partial charge on any atom is -0.454 e. The molecule has 2 nitrogen and oxygen atoms in total. The van der Waals surface area contributed by atoms with E-state index in [1.54, 1.807) is 0 Å². The molecule has 11 aromatic carbocycles. The van der Waals surface area contributed by atoms with Crippen LogP contribution in [0.2, 0.25) is 0 Å². The summed E-state index contributed by atoms with van der Waals surface area (Å²) in [6, 6.07) is 94.9. The quantitative estimate of drug-likeness (QED) is 0.151. The zero-order chi connectivity index (χ0) is 44.3. The van der Waals surface area contributed by atoms with Crippen LogP contribution in [0.5, 0.6) is 0 Å². The predicted octanol–water partition coefficient (Wildman–Crippen LogP) is 17.6. The number of anilines is 3. The molecule has 0 atom stereocenters. The fourth-order valence-electron chi connectivity index (χ4n) is 10.9. The Balaban J connectivity index is 0.941. The second-order valence-corrected chi connectivity index (χ2v) is 17.6. The van der Waals surface area contributed by atoms with Crippen molar-refractivity contribution < 1.29 is 4.42 Å². The molecule has 2 heteroatoms. The molecule has 0 amide bonds. The summed E-state index contributed by atoms with van der Waals surface area (Å²) in [5.74, 6) is 0. The summed E-state index contributed by atoms with van der Waals surface area (Å²) in [6.07, 6.45) is 0. The molecule has 314 valence electrons. The molecule has 67 heavy (non-hydrogen) atoms. The summed E-state index contributed by atoms with van der Waals surface area (Å²) in [5.41, 5.74) is 18.9. The highest BCUT2D eigenvalue weighted by Gasteiger charge is 2.47. The first kappa shape index (κ1) is 38.7. The van der Waals surface area contributed by atoms with Crippen LogP contribution >= 0.6 is 0 Å². The Morgan fingerprint density at radius 1 is 0.328 bits per heavy atom. The largest absolute Gasteiger partial charge is 0.454 e. The van der Waals surface area contributed by atoms with Gasteiger partial charge in [0.05, 0.1) is 16.8 Å². The SMILES string of the molecule is c1ccc(C2(c3ccccc3)c3ccccc3-c3c(N(c4ccc(-c5ccc(-c6cccc(-c7ccc8ccccc8c7)c6)cc5)cc4)c4cccc5c4oc4ccccc45)cccc32)cc1. The number of hydrogen-bond acceptors (Lipinski definition) is 2. The van der Waals surface area contributed by atoms with E-state index >= 15 is 0 Å². The van der Waals surface area contributed by atoms with E-state index in [2.05, 4.69) is 260 Å². The lowest BCUT2D eigenvalue weighted by molar-refractivity contribution is 0.669. The van der Waals surface area contributed by atoms with Crippen molar-refractivity contribution >= 4 is 49.8 Å². The van der Waals surface area contributed by atoms with Crippen LogP contribution in [-0.2, 0) is 5.41 Å². The predicted molar refractivity (Wildman–Crippen MR) is 280 cm³/mol. The van der Waals surface area contributed by atoms with E-state index in [0.29, 0.717) is 0 Å². The first-order valence-electron chi connectivity index (χ1n) is 23.1. The van der Waals surface area contributed by atoms with Crippen LogP contribution in [0.4, 0.5) is 17.1 Å². The van der Waals surface area contributed by atoms with Crippen molar-refractivity contribution in [2.45, 2.75) is 5.41 Å². The Kier molecular flexibility index (Phi) is 9.11. The molecule has 1 aliphatic carbocycles. The van der Waals surface area contributed by atoms with Gasteiger partial charge in [-0.15, -0.1) is 0 Å². The maximum Gasteiger partial charge on any atom is 0.159 e. The molecule has 1 aromatic heterocycles. The van der Waals surface area contributed by atoms with Gasteiger partial charge in [-0.1, -0.05) is 218 Å². The van der Waals surface area contributed by atoms with E-state index in [9.17, 15) is 0 Å². The summed E-state index contributed by atoms with van der Waals surface area (Å²) in [6.45, 7) is 0. The third kappa shape index (κ3) is 6.26. The first-order chi connectivity index (χ1) is 33.2. The molecule has 0 saturated heterocycles. The van der Waals surface area contributed by atoms with E-state index in [-0.39, 0.29) is 0 Å². The van der Waals surface area contributed by atoms with Gasteiger partial charge in [0.1, 0.15) is 5.58 Å². The summed E-state index contributed by atoms with van der Waals surface area (Å²) in [5, 5.41) is 4.70. The fourth-order valence-corrected chi connectivity index (χ4v) is 10.9. The average molecular weight is 854 g/mol. The molecular weight excluding hydrogens is 811 g/mol. The van der Waals surface area contributed by atoms with Gasteiger partial charge in [0.2, 0.25) is 0 Å². The lowest BCUT2D eigenvalue weighted by Crippen LogP contribution is -2.28. The maximum atomic E-state index is 6.82. The van der Waals surface area contributed by atoms with Crippen molar-refractivity contribution in [1.29, 1.82) is 0 Å². The number of para-hydroxylation sites is 2. The number of hydrogen-bond donors (Lipinski definition) is 0. The van der Waals surface area contributed by atoms with Crippen molar-refractivity contribution in [2.24, 2.45) is 0 Å². The highest BCUT2D eigenvalue weighted by atomic mass is 16.3. The highest BCUT2D eigenvalue weighted by molar-refractivity contribution is 6.11. The number of fused-ring (bicyclic) bond motifs is 7. The van der Waals surface area contributed by atoms with Crippen molar-refractivity contribution in [3.8, 4) is 44.5 Å². The van der Waals surface area contributed by atoms with Crippen molar-refractivity contribution in [2.75, 3.05) is 4.90 Å². The van der Waals surface area contributed by atoms with Gasteiger partial charge < -0.3 is 9.32 Å². The molecule has 0 aliphatic heterocycles. The van der Waals surface area contributed by atoms with Gasteiger partial charge in [-0.25, -0.2) is 0 Å². The normalized spacial score (nSPS) is 12.6. The summed E-state index contributed by atoms with van der Waals surface area (Å²) < 4.78 is 6.82. The summed E-state index contributed by atoms with van der Waals surface area (Å²) in [7, 11) is 0. The highest BCUT2D eigenvalue weighted by Crippen LogP contribution is 2.60. The minimum atomic E-state index is -0.532. The molecule has 1 aliphatic rings. The average Bonchev–Trinajstić information content (AvgIpc) is 3.94. The fraction of sp³-hybridized carbons (Fsp3) is 0.0154. The molecule has 13 rings (SSSR count). The number of benzene rings is 11. The Bertz CT molecular complexity index is 3750. The van der Waals surface area contributed by atoms with Crippen LogP contribution in [0.3, 0.4) is 0 Å². The zero-order valence-electron chi connectivity index (χ0n) is 36.7. The molecule has 0 saturated carbocycles. The van der Waals surface area contributed by atoms with Crippen LogP contribution in [-0.4, -0.2) is 0 Å². The number of furan rings is 1. The Morgan fingerprint density at radius 3 is 1.61 bits per heavy atom. The van der Waals surface area contributed by atoms with E-state index in [1.165, 1.54) is 66.4 Å². The molecular formula is C65H43NO. The van der Waals surface area contributed by atoms with Gasteiger partial charge in [0, 0.05) is 22.0 Å². The van der Waals surface area contributed by atoms with E-state index < -0.39 is 5.41 Å². The van der Waals surface area contributed by atoms with Crippen molar-refractivity contribution in [1.82, 2.24) is 0 Å². The Labute approximate surface area is 390 Å². The maximum absolute atomic E-state index is 6.82. The third-order valence-corrected chi connectivity index (χ3v) is 13.9. The van der Waals surface area contributed by atoms with Gasteiger partial charge in [-0.2, -0.15) is 0 Å². The van der Waals surface area contributed by atoms with Crippen LogP contribution in [0.15, 0.2) is 265 Å². The minimum absolute atomic E-state index is 0.532. The lowest BCUT2D eigenvalue weighted by atomic mass is 9.68. The van der Waals surface area contributed by atoms with Gasteiger partial charge in [-0.05, 0) is 114 Å². The molecule has 0 N–H and O–H groups in total.